The van der Waals surface area contributed by atoms with E-state index in [0.29, 0.717) is 22.5 Å². The molecule has 0 fully saturated rings. The molecule has 0 atom stereocenters. The van der Waals surface area contributed by atoms with Crippen LogP contribution >= 0.6 is 0 Å². The van der Waals surface area contributed by atoms with Gasteiger partial charge in [-0.1, -0.05) is 91.0 Å². The van der Waals surface area contributed by atoms with Gasteiger partial charge in [-0.05, 0) is 60.2 Å². The van der Waals surface area contributed by atoms with Gasteiger partial charge in [0, 0.05) is 43.6 Å². The van der Waals surface area contributed by atoms with Crippen LogP contribution in [0.5, 0.6) is 0 Å². The highest BCUT2D eigenvalue weighted by molar-refractivity contribution is 6.25. The van der Waals surface area contributed by atoms with Crippen molar-refractivity contribution < 1.29 is 8.83 Å². The van der Waals surface area contributed by atoms with Crippen molar-refractivity contribution in [3.63, 3.8) is 0 Å². The molecular formula is C52H24N6O2. The SMILES string of the molecule is [C-]#[N+]c1ccc(-c2ccc(-n3c4ccccc4c4c5oc6ccccc6c5ccc43)c(C#N)c2C#N)c(-n2c3ccccc3c3c4oc5ccccc5c4ccc32)c1[N+]#[C-]. The number of nitriles is 2. The summed E-state index contributed by atoms with van der Waals surface area (Å²) in [5, 5.41) is 29.8. The summed E-state index contributed by atoms with van der Waals surface area (Å²) in [6.07, 6.45) is 0. The Bertz CT molecular complexity index is 4070. The van der Waals surface area contributed by atoms with Gasteiger partial charge in [0.1, 0.15) is 34.5 Å². The van der Waals surface area contributed by atoms with Crippen LogP contribution in [0.1, 0.15) is 11.1 Å². The fourth-order valence-corrected chi connectivity index (χ4v) is 9.42. The minimum absolute atomic E-state index is 0.138. The van der Waals surface area contributed by atoms with Crippen LogP contribution in [0.4, 0.5) is 11.4 Å². The number of hydrogen-bond donors (Lipinski definition) is 0. The molecule has 60 heavy (non-hydrogen) atoms. The highest BCUT2D eigenvalue weighted by atomic mass is 16.3. The average molecular weight is 765 g/mol. The molecule has 8 heteroatoms. The Balaban J connectivity index is 1.16. The second-order valence-corrected chi connectivity index (χ2v) is 14.7. The van der Waals surface area contributed by atoms with E-state index in [9.17, 15) is 10.5 Å². The van der Waals surface area contributed by atoms with E-state index in [4.69, 9.17) is 22.0 Å². The van der Waals surface area contributed by atoms with Gasteiger partial charge in [0.05, 0.1) is 62.8 Å². The summed E-state index contributed by atoms with van der Waals surface area (Å²) in [6.45, 7) is 16.6. The van der Waals surface area contributed by atoms with E-state index in [0.717, 1.165) is 87.5 Å². The number of aromatic nitrogens is 2. The van der Waals surface area contributed by atoms with Gasteiger partial charge in [-0.3, -0.25) is 4.85 Å². The van der Waals surface area contributed by atoms with Crippen molar-refractivity contribution in [2.45, 2.75) is 0 Å². The zero-order valence-corrected chi connectivity index (χ0v) is 31.4. The zero-order chi connectivity index (χ0) is 40.2. The van der Waals surface area contributed by atoms with E-state index < -0.39 is 0 Å². The Morgan fingerprint density at radius 2 is 0.967 bits per heavy atom. The molecule has 0 aliphatic rings. The molecule has 0 aliphatic carbocycles. The highest BCUT2D eigenvalue weighted by Crippen LogP contribution is 2.49. The van der Waals surface area contributed by atoms with Crippen molar-refractivity contribution in [3.05, 3.63) is 180 Å². The van der Waals surface area contributed by atoms with Crippen LogP contribution in [0.2, 0.25) is 0 Å². The molecule has 0 bridgehead atoms. The number of furan rings is 2. The van der Waals surface area contributed by atoms with Crippen LogP contribution in [0.15, 0.2) is 154 Å². The number of rotatable bonds is 3. The van der Waals surface area contributed by atoms with E-state index >= 15 is 0 Å². The molecule has 8 aromatic carbocycles. The quantitative estimate of drug-likeness (QED) is 0.167. The van der Waals surface area contributed by atoms with Crippen LogP contribution in [-0.2, 0) is 0 Å². The third kappa shape index (κ3) is 4.23. The third-order valence-electron chi connectivity index (χ3n) is 11.9. The lowest BCUT2D eigenvalue weighted by atomic mass is 9.92. The first-order valence-electron chi connectivity index (χ1n) is 19.2. The predicted molar refractivity (Wildman–Crippen MR) is 237 cm³/mol. The maximum atomic E-state index is 11.1. The molecule has 274 valence electrons. The van der Waals surface area contributed by atoms with Crippen LogP contribution in [-0.4, -0.2) is 9.13 Å². The van der Waals surface area contributed by atoms with Crippen molar-refractivity contribution in [1.82, 2.24) is 9.13 Å². The fraction of sp³-hybridized carbons (Fsp3) is 0. The van der Waals surface area contributed by atoms with Crippen molar-refractivity contribution in [2.24, 2.45) is 0 Å². The number of fused-ring (bicyclic) bond motifs is 14. The molecule has 4 aromatic heterocycles. The van der Waals surface area contributed by atoms with Crippen molar-refractivity contribution in [3.8, 4) is 34.6 Å². The summed E-state index contributed by atoms with van der Waals surface area (Å²) in [5.41, 5.74) is 8.90. The van der Waals surface area contributed by atoms with Gasteiger partial charge in [-0.15, -0.1) is 0 Å². The van der Waals surface area contributed by atoms with Crippen molar-refractivity contribution >= 4 is 98.9 Å². The Labute approximate surface area is 340 Å². The Kier molecular flexibility index (Phi) is 6.73. The van der Waals surface area contributed by atoms with E-state index in [2.05, 4.69) is 27.9 Å². The first kappa shape index (κ1) is 33.1. The lowest BCUT2D eigenvalue weighted by molar-refractivity contribution is 0.672. The van der Waals surface area contributed by atoms with Crippen LogP contribution in [0.25, 0.3) is 120 Å². The summed E-state index contributed by atoms with van der Waals surface area (Å²) >= 11 is 0. The van der Waals surface area contributed by atoms with Crippen molar-refractivity contribution in [1.29, 1.82) is 10.5 Å². The van der Waals surface area contributed by atoms with Gasteiger partial charge in [0.2, 0.25) is 5.69 Å². The first-order chi connectivity index (χ1) is 29.6. The fourth-order valence-electron chi connectivity index (χ4n) is 9.42. The van der Waals surface area contributed by atoms with E-state index in [-0.39, 0.29) is 22.5 Å². The highest BCUT2D eigenvalue weighted by Gasteiger charge is 2.27. The topological polar surface area (TPSA) is 92.4 Å². The van der Waals surface area contributed by atoms with Crippen molar-refractivity contribution in [2.75, 3.05) is 0 Å². The van der Waals surface area contributed by atoms with Crippen LogP contribution in [0, 0.1) is 35.8 Å². The largest absolute Gasteiger partial charge is 0.455 e. The summed E-state index contributed by atoms with van der Waals surface area (Å²) in [4.78, 5) is 7.77. The van der Waals surface area contributed by atoms with Gasteiger partial charge in [0.15, 0.2) is 5.69 Å². The lowest BCUT2D eigenvalue weighted by Crippen LogP contribution is -2.03. The van der Waals surface area contributed by atoms with Crippen LogP contribution in [0.3, 0.4) is 0 Å². The summed E-state index contributed by atoms with van der Waals surface area (Å²) in [5.74, 6) is 0. The lowest BCUT2D eigenvalue weighted by Gasteiger charge is -2.19. The van der Waals surface area contributed by atoms with Gasteiger partial charge in [0.25, 0.3) is 0 Å². The van der Waals surface area contributed by atoms with E-state index in [1.807, 2.05) is 137 Å². The number of para-hydroxylation sites is 4. The van der Waals surface area contributed by atoms with E-state index in [1.54, 1.807) is 12.1 Å². The smallest absolute Gasteiger partial charge is 0.218 e. The minimum Gasteiger partial charge on any atom is -0.455 e. The number of nitrogens with zero attached hydrogens (tertiary/aromatic N) is 6. The summed E-state index contributed by atoms with van der Waals surface area (Å²) < 4.78 is 17.1. The molecule has 0 saturated carbocycles. The van der Waals surface area contributed by atoms with Gasteiger partial charge < -0.3 is 18.0 Å². The number of hydrogen-bond acceptors (Lipinski definition) is 4. The molecule has 12 aromatic rings. The molecule has 0 N–H and O–H groups in total. The summed E-state index contributed by atoms with van der Waals surface area (Å²) in [7, 11) is 0. The van der Waals surface area contributed by atoms with Crippen LogP contribution < -0.4 is 0 Å². The van der Waals surface area contributed by atoms with Gasteiger partial charge >= 0.3 is 0 Å². The molecular weight excluding hydrogens is 741 g/mol. The monoisotopic (exact) mass is 764 g/mol. The molecule has 0 radical (unpaired) electrons. The molecule has 8 nitrogen and oxygen atoms in total. The normalized spacial score (nSPS) is 11.6. The second kappa shape index (κ2) is 12.2. The van der Waals surface area contributed by atoms with Gasteiger partial charge in [-0.25, -0.2) is 4.85 Å². The predicted octanol–water partition coefficient (Wildman–Crippen LogP) is 14.2. The number of benzene rings is 8. The molecule has 0 saturated heterocycles. The Morgan fingerprint density at radius 3 is 1.53 bits per heavy atom. The second-order valence-electron chi connectivity index (χ2n) is 14.7. The van der Waals surface area contributed by atoms with Gasteiger partial charge in [-0.2, -0.15) is 10.5 Å². The standard InChI is InChI=1S/C52H24N6O2/c1-55-39-23-19-32(50(49(39)56-2)58-41-16-8-4-14-36(41)48-44(58)26-22-34-31-12-6-10-18-46(31)60-52(34)48)29-20-24-42(38(28-54)37(29)27-53)57-40-15-7-3-13-35(40)47-43(57)25-21-33-30-11-5-9-17-45(30)59-51(33)47/h3-26H. The molecule has 0 aliphatic heterocycles. The average Bonchev–Trinajstić information content (AvgIpc) is 4.05. The molecule has 0 amide bonds. The Morgan fingerprint density at radius 1 is 0.450 bits per heavy atom. The minimum atomic E-state index is 0.138. The zero-order valence-electron chi connectivity index (χ0n) is 31.4. The maximum absolute atomic E-state index is 11.1. The first-order valence-corrected chi connectivity index (χ1v) is 19.2. The van der Waals surface area contributed by atoms with E-state index in [1.165, 1.54) is 0 Å². The Hall–Kier alpha value is -9.08. The molecule has 0 unspecified atom stereocenters. The molecule has 0 spiro atoms. The molecule has 12 rings (SSSR count). The summed E-state index contributed by atoms with van der Waals surface area (Å²) in [6, 6.07) is 51.9. The molecule has 4 heterocycles. The maximum Gasteiger partial charge on any atom is 0.218 e. The third-order valence-corrected chi connectivity index (χ3v) is 11.9.